The quantitative estimate of drug-likeness (QED) is 0.398. The molecule has 1 aliphatic rings. The molecule has 0 aliphatic carbocycles. The number of rotatable bonds is 5. The number of carbonyl (C=O) groups is 1. The fraction of sp³-hybridized carbons (Fsp3) is 0.158. The standard InChI is InChI=1S/C19H16F2N4O3/c20-14-2-1-9(5-13(14)18(22)23)27-17-12(6-10-8-25-19(26)28-10)11-3-4-24-16(11)7-15(17)21/h1-5,7,10,24H,6,8H2,(H3,22,23)(H,25,26). The van der Waals surface area contributed by atoms with Crippen molar-refractivity contribution in [1.82, 2.24) is 10.3 Å². The van der Waals surface area contributed by atoms with Gasteiger partial charge in [0.25, 0.3) is 0 Å². The van der Waals surface area contributed by atoms with Crippen molar-refractivity contribution in [2.24, 2.45) is 5.73 Å². The van der Waals surface area contributed by atoms with Crippen molar-refractivity contribution in [3.63, 3.8) is 0 Å². The molecule has 0 saturated carbocycles. The molecule has 1 saturated heterocycles. The normalized spacial score (nSPS) is 16.1. The molecule has 4 rings (SSSR count). The Hall–Kier alpha value is -3.62. The van der Waals surface area contributed by atoms with Gasteiger partial charge in [0, 0.05) is 35.2 Å². The molecule has 28 heavy (non-hydrogen) atoms. The number of hydrogen-bond acceptors (Lipinski definition) is 4. The fourth-order valence-electron chi connectivity index (χ4n) is 3.20. The Balaban J connectivity index is 1.76. The van der Waals surface area contributed by atoms with Crippen LogP contribution in [0.5, 0.6) is 11.5 Å². The summed E-state index contributed by atoms with van der Waals surface area (Å²) in [5, 5.41) is 10.7. The first-order valence-corrected chi connectivity index (χ1v) is 8.47. The number of halogens is 2. The summed E-state index contributed by atoms with van der Waals surface area (Å²) < 4.78 is 39.5. The second-order valence-corrected chi connectivity index (χ2v) is 6.37. The third-order valence-electron chi connectivity index (χ3n) is 4.49. The molecule has 1 amide bonds. The summed E-state index contributed by atoms with van der Waals surface area (Å²) in [4.78, 5) is 14.3. The Morgan fingerprint density at radius 1 is 1.29 bits per heavy atom. The highest BCUT2D eigenvalue weighted by atomic mass is 19.1. The summed E-state index contributed by atoms with van der Waals surface area (Å²) in [5.41, 5.74) is 6.31. The van der Waals surface area contributed by atoms with Gasteiger partial charge in [-0.2, -0.15) is 0 Å². The van der Waals surface area contributed by atoms with Crippen LogP contribution in [0.1, 0.15) is 11.1 Å². The number of carbonyl (C=O) groups excluding carboxylic acids is 1. The number of amides is 1. The summed E-state index contributed by atoms with van der Waals surface area (Å²) in [6, 6.07) is 6.72. The van der Waals surface area contributed by atoms with Crippen LogP contribution in [0.3, 0.4) is 0 Å². The van der Waals surface area contributed by atoms with Crippen LogP contribution in [0.25, 0.3) is 10.9 Å². The molecule has 9 heteroatoms. The number of hydrogen-bond donors (Lipinski definition) is 4. The van der Waals surface area contributed by atoms with Crippen LogP contribution >= 0.6 is 0 Å². The second kappa shape index (κ2) is 6.84. The van der Waals surface area contributed by atoms with Crippen LogP contribution in [0.15, 0.2) is 36.5 Å². The Morgan fingerprint density at radius 3 is 2.82 bits per heavy atom. The zero-order valence-corrected chi connectivity index (χ0v) is 14.5. The van der Waals surface area contributed by atoms with Crippen LogP contribution in [0, 0.1) is 17.0 Å². The minimum Gasteiger partial charge on any atom is -0.454 e. The third kappa shape index (κ3) is 3.22. The zero-order chi connectivity index (χ0) is 19.8. The minimum absolute atomic E-state index is 0.0591. The SMILES string of the molecule is N=C(N)c1cc(Oc2c(F)cc3[nH]ccc3c2CC2CNC(=O)O2)ccc1F. The van der Waals surface area contributed by atoms with Crippen LogP contribution in [-0.2, 0) is 11.2 Å². The van der Waals surface area contributed by atoms with Crippen molar-refractivity contribution in [2.45, 2.75) is 12.5 Å². The molecule has 7 nitrogen and oxygen atoms in total. The van der Waals surface area contributed by atoms with Gasteiger partial charge >= 0.3 is 6.09 Å². The van der Waals surface area contributed by atoms with Crippen molar-refractivity contribution in [3.8, 4) is 11.5 Å². The number of alkyl carbamates (subject to hydrolysis) is 1. The van der Waals surface area contributed by atoms with E-state index < -0.39 is 29.7 Å². The lowest BCUT2D eigenvalue weighted by Gasteiger charge is -2.16. The maximum absolute atomic E-state index is 14.8. The van der Waals surface area contributed by atoms with Gasteiger partial charge in [0.2, 0.25) is 0 Å². The molecule has 0 radical (unpaired) electrons. The van der Waals surface area contributed by atoms with Gasteiger partial charge in [-0.1, -0.05) is 0 Å². The smallest absolute Gasteiger partial charge is 0.407 e. The van der Waals surface area contributed by atoms with Gasteiger partial charge in [0.15, 0.2) is 11.6 Å². The van der Waals surface area contributed by atoms with Crippen molar-refractivity contribution in [1.29, 1.82) is 5.41 Å². The molecule has 0 bridgehead atoms. The lowest BCUT2D eigenvalue weighted by Crippen LogP contribution is -2.17. The van der Waals surface area contributed by atoms with E-state index in [1.54, 1.807) is 12.3 Å². The molecule has 1 fully saturated rings. The monoisotopic (exact) mass is 386 g/mol. The summed E-state index contributed by atoms with van der Waals surface area (Å²) in [6.45, 7) is 0.297. The average molecular weight is 386 g/mol. The predicted molar refractivity (Wildman–Crippen MR) is 97.7 cm³/mol. The first kappa shape index (κ1) is 17.8. The maximum Gasteiger partial charge on any atom is 0.407 e. The van der Waals surface area contributed by atoms with Crippen molar-refractivity contribution >= 4 is 22.8 Å². The van der Waals surface area contributed by atoms with Crippen LogP contribution in [0.2, 0.25) is 0 Å². The van der Waals surface area contributed by atoms with E-state index in [4.69, 9.17) is 20.6 Å². The Bertz CT molecular complexity index is 1100. The number of amidine groups is 1. The van der Waals surface area contributed by atoms with Crippen molar-refractivity contribution in [2.75, 3.05) is 6.54 Å². The number of aromatic amines is 1. The summed E-state index contributed by atoms with van der Waals surface area (Å²) in [7, 11) is 0. The average Bonchev–Trinajstić information content (AvgIpc) is 3.27. The van der Waals surface area contributed by atoms with E-state index in [1.165, 1.54) is 18.2 Å². The molecule has 5 N–H and O–H groups in total. The molecule has 1 unspecified atom stereocenters. The van der Waals surface area contributed by atoms with Gasteiger partial charge < -0.3 is 25.5 Å². The molecule has 2 heterocycles. The minimum atomic E-state index is -0.675. The molecule has 1 atom stereocenters. The summed E-state index contributed by atoms with van der Waals surface area (Å²) in [5.74, 6) is -1.70. The Morgan fingerprint density at radius 2 is 2.11 bits per heavy atom. The Kier molecular flexibility index (Phi) is 4.34. The molecule has 144 valence electrons. The number of benzene rings is 2. The first-order chi connectivity index (χ1) is 13.4. The van der Waals surface area contributed by atoms with E-state index in [0.717, 1.165) is 6.07 Å². The van der Waals surface area contributed by atoms with Gasteiger partial charge in [-0.25, -0.2) is 13.6 Å². The molecule has 1 aliphatic heterocycles. The van der Waals surface area contributed by atoms with E-state index in [2.05, 4.69) is 10.3 Å². The number of cyclic esters (lactones) is 1. The van der Waals surface area contributed by atoms with E-state index in [-0.39, 0.29) is 23.5 Å². The highest BCUT2D eigenvalue weighted by Gasteiger charge is 2.27. The molecule has 1 aromatic heterocycles. The van der Waals surface area contributed by atoms with Crippen molar-refractivity contribution in [3.05, 3.63) is 59.3 Å². The fourth-order valence-corrected chi connectivity index (χ4v) is 3.20. The van der Waals surface area contributed by atoms with E-state index in [9.17, 15) is 13.6 Å². The predicted octanol–water partition coefficient (Wildman–Crippen LogP) is 3.17. The largest absolute Gasteiger partial charge is 0.454 e. The summed E-state index contributed by atoms with van der Waals surface area (Å²) >= 11 is 0. The number of ether oxygens (including phenoxy) is 2. The van der Waals surface area contributed by atoms with Crippen molar-refractivity contribution < 1.29 is 23.0 Å². The molecular weight excluding hydrogens is 370 g/mol. The van der Waals surface area contributed by atoms with Crippen LogP contribution < -0.4 is 15.8 Å². The first-order valence-electron chi connectivity index (χ1n) is 8.47. The summed E-state index contributed by atoms with van der Waals surface area (Å²) in [6.07, 6.45) is 0.887. The van der Waals surface area contributed by atoms with Crippen LogP contribution in [0.4, 0.5) is 13.6 Å². The zero-order valence-electron chi connectivity index (χ0n) is 14.5. The van der Waals surface area contributed by atoms with E-state index in [1.807, 2.05) is 0 Å². The molecular formula is C19H16F2N4O3. The lowest BCUT2D eigenvalue weighted by molar-refractivity contribution is 0.140. The number of nitrogens with one attached hydrogen (secondary N) is 3. The number of nitrogen functional groups attached to an aromatic ring is 1. The maximum atomic E-state index is 14.8. The van der Waals surface area contributed by atoms with Gasteiger partial charge in [-0.15, -0.1) is 0 Å². The molecule has 0 spiro atoms. The molecule has 3 aromatic rings. The van der Waals surface area contributed by atoms with Gasteiger partial charge in [0.05, 0.1) is 12.1 Å². The number of fused-ring (bicyclic) bond motifs is 1. The van der Waals surface area contributed by atoms with Gasteiger partial charge in [-0.3, -0.25) is 5.41 Å². The molecule has 2 aromatic carbocycles. The van der Waals surface area contributed by atoms with E-state index >= 15 is 0 Å². The topological polar surface area (TPSA) is 113 Å². The highest BCUT2D eigenvalue weighted by Crippen LogP contribution is 2.36. The Labute approximate surface area is 157 Å². The van der Waals surface area contributed by atoms with E-state index in [0.29, 0.717) is 23.0 Å². The third-order valence-corrected chi connectivity index (χ3v) is 4.49. The van der Waals surface area contributed by atoms with Gasteiger partial charge in [0.1, 0.15) is 23.5 Å². The number of H-pyrrole nitrogens is 1. The number of nitrogens with two attached hydrogens (primary N) is 1. The number of aromatic nitrogens is 1. The highest BCUT2D eigenvalue weighted by molar-refractivity contribution is 5.95. The van der Waals surface area contributed by atoms with Gasteiger partial charge in [-0.05, 0) is 24.3 Å². The lowest BCUT2D eigenvalue weighted by atomic mass is 10.0. The second-order valence-electron chi connectivity index (χ2n) is 6.37. The van der Waals surface area contributed by atoms with Crippen LogP contribution in [-0.4, -0.2) is 29.6 Å².